The summed E-state index contributed by atoms with van der Waals surface area (Å²) in [7, 11) is 1.60. The molecule has 0 bridgehead atoms. The summed E-state index contributed by atoms with van der Waals surface area (Å²) in [6.07, 6.45) is 1.83. The van der Waals surface area contributed by atoms with Crippen molar-refractivity contribution in [1.29, 1.82) is 0 Å². The number of hydrogen-bond donors (Lipinski definition) is 1. The molecule has 182 valence electrons. The lowest BCUT2D eigenvalue weighted by molar-refractivity contribution is -0.120. The molecule has 1 aliphatic rings. The Balaban J connectivity index is 1.42. The third kappa shape index (κ3) is 4.73. The van der Waals surface area contributed by atoms with Gasteiger partial charge < -0.3 is 14.8 Å². The zero-order valence-corrected chi connectivity index (χ0v) is 20.0. The van der Waals surface area contributed by atoms with Crippen LogP contribution in [-0.2, 0) is 16.1 Å². The number of likely N-dealkylation sites (tertiary alicyclic amines) is 1. The van der Waals surface area contributed by atoms with E-state index in [0.717, 1.165) is 16.5 Å². The van der Waals surface area contributed by atoms with Crippen molar-refractivity contribution in [1.82, 2.24) is 9.88 Å². The monoisotopic (exact) mass is 481 g/mol. The molecule has 4 aromatic rings. The van der Waals surface area contributed by atoms with Gasteiger partial charge in [0.2, 0.25) is 5.91 Å². The minimum absolute atomic E-state index is 0.146. The van der Waals surface area contributed by atoms with Crippen molar-refractivity contribution >= 4 is 28.6 Å². The number of ether oxygens (including phenoxy) is 2. The number of fused-ring (bicyclic) bond motifs is 1. The molecule has 2 heterocycles. The van der Waals surface area contributed by atoms with E-state index in [9.17, 15) is 9.59 Å². The molecular formula is C29H27N3O4. The fourth-order valence-corrected chi connectivity index (χ4v) is 4.80. The normalized spacial score (nSPS) is 17.1. The SMILES string of the molecule is COc1ccc(NC(=O)[C@@H]2[C@H](c3ccccc3)CCN2C(=O)OCc2ccccc2)c2ncccc12. The minimum atomic E-state index is -0.725. The average molecular weight is 482 g/mol. The second kappa shape index (κ2) is 10.5. The molecule has 7 heteroatoms. The number of methoxy groups -OCH3 is 1. The molecular weight excluding hydrogens is 454 g/mol. The second-order valence-electron chi connectivity index (χ2n) is 8.69. The van der Waals surface area contributed by atoms with Gasteiger partial charge in [-0.3, -0.25) is 14.7 Å². The van der Waals surface area contributed by atoms with Crippen molar-refractivity contribution in [2.24, 2.45) is 0 Å². The van der Waals surface area contributed by atoms with E-state index < -0.39 is 12.1 Å². The topological polar surface area (TPSA) is 80.8 Å². The van der Waals surface area contributed by atoms with Crippen LogP contribution in [0, 0.1) is 0 Å². The van der Waals surface area contributed by atoms with Gasteiger partial charge in [-0.1, -0.05) is 60.7 Å². The largest absolute Gasteiger partial charge is 0.496 e. The predicted molar refractivity (Wildman–Crippen MR) is 138 cm³/mol. The Morgan fingerprint density at radius 1 is 0.972 bits per heavy atom. The first-order valence-corrected chi connectivity index (χ1v) is 11.9. The first-order chi connectivity index (χ1) is 17.7. The van der Waals surface area contributed by atoms with Crippen molar-refractivity contribution in [3.8, 4) is 5.75 Å². The molecule has 2 atom stereocenters. The Hall–Kier alpha value is -4.39. The molecule has 0 aliphatic carbocycles. The summed E-state index contributed by atoms with van der Waals surface area (Å²) in [5.74, 6) is 0.230. The molecule has 0 spiro atoms. The highest BCUT2D eigenvalue weighted by atomic mass is 16.6. The quantitative estimate of drug-likeness (QED) is 0.400. The van der Waals surface area contributed by atoms with Gasteiger partial charge in [-0.05, 0) is 41.8 Å². The van der Waals surface area contributed by atoms with Crippen LogP contribution in [0.5, 0.6) is 5.75 Å². The Morgan fingerprint density at radius 3 is 2.47 bits per heavy atom. The van der Waals surface area contributed by atoms with Gasteiger partial charge in [0, 0.05) is 24.0 Å². The highest BCUT2D eigenvalue weighted by Gasteiger charge is 2.43. The number of carbonyl (C=O) groups is 2. The Labute approximate surface area is 209 Å². The van der Waals surface area contributed by atoms with Crippen LogP contribution >= 0.6 is 0 Å². The van der Waals surface area contributed by atoms with E-state index in [-0.39, 0.29) is 18.4 Å². The van der Waals surface area contributed by atoms with Crippen molar-refractivity contribution < 1.29 is 19.1 Å². The lowest BCUT2D eigenvalue weighted by Gasteiger charge is -2.27. The molecule has 7 nitrogen and oxygen atoms in total. The number of amides is 2. The van der Waals surface area contributed by atoms with Gasteiger partial charge in [-0.15, -0.1) is 0 Å². The number of benzene rings is 3. The number of pyridine rings is 1. The van der Waals surface area contributed by atoms with E-state index in [4.69, 9.17) is 9.47 Å². The maximum absolute atomic E-state index is 13.8. The third-order valence-corrected chi connectivity index (χ3v) is 6.54. The fourth-order valence-electron chi connectivity index (χ4n) is 4.80. The van der Waals surface area contributed by atoms with Gasteiger partial charge in [0.05, 0.1) is 18.3 Å². The number of nitrogens with one attached hydrogen (secondary N) is 1. The van der Waals surface area contributed by atoms with Gasteiger partial charge in [0.1, 0.15) is 18.4 Å². The molecule has 0 radical (unpaired) electrons. The smallest absolute Gasteiger partial charge is 0.410 e. The summed E-state index contributed by atoms with van der Waals surface area (Å²) in [5, 5.41) is 3.82. The molecule has 5 rings (SSSR count). The van der Waals surface area contributed by atoms with E-state index >= 15 is 0 Å². The molecule has 1 fully saturated rings. The van der Waals surface area contributed by atoms with Crippen molar-refractivity contribution in [2.45, 2.75) is 25.0 Å². The van der Waals surface area contributed by atoms with Crippen LogP contribution in [0.1, 0.15) is 23.5 Å². The van der Waals surface area contributed by atoms with Crippen molar-refractivity contribution in [3.05, 3.63) is 102 Å². The molecule has 36 heavy (non-hydrogen) atoms. The Morgan fingerprint density at radius 2 is 1.72 bits per heavy atom. The van der Waals surface area contributed by atoms with E-state index in [1.165, 1.54) is 4.90 Å². The van der Waals surface area contributed by atoms with E-state index in [0.29, 0.717) is 29.9 Å². The van der Waals surface area contributed by atoms with Crippen LogP contribution < -0.4 is 10.1 Å². The lowest BCUT2D eigenvalue weighted by atomic mass is 9.91. The highest BCUT2D eigenvalue weighted by molar-refractivity contribution is 6.05. The van der Waals surface area contributed by atoms with Crippen molar-refractivity contribution in [3.63, 3.8) is 0 Å². The molecule has 2 amide bonds. The van der Waals surface area contributed by atoms with Crippen LogP contribution in [0.25, 0.3) is 10.9 Å². The van der Waals surface area contributed by atoms with Gasteiger partial charge in [-0.2, -0.15) is 0 Å². The van der Waals surface area contributed by atoms with Gasteiger partial charge in [0.25, 0.3) is 0 Å². The molecule has 1 aliphatic heterocycles. The van der Waals surface area contributed by atoms with Crippen molar-refractivity contribution in [2.75, 3.05) is 19.0 Å². The number of carbonyl (C=O) groups excluding carboxylic acids is 2. The molecule has 1 saturated heterocycles. The average Bonchev–Trinajstić information content (AvgIpc) is 3.39. The van der Waals surface area contributed by atoms with Crippen LogP contribution in [0.4, 0.5) is 10.5 Å². The molecule has 3 aromatic carbocycles. The maximum atomic E-state index is 13.8. The maximum Gasteiger partial charge on any atom is 0.410 e. The number of rotatable bonds is 6. The molecule has 0 unspecified atom stereocenters. The third-order valence-electron chi connectivity index (χ3n) is 6.54. The lowest BCUT2D eigenvalue weighted by Crippen LogP contribution is -2.45. The Kier molecular flexibility index (Phi) is 6.80. The summed E-state index contributed by atoms with van der Waals surface area (Å²) in [6, 6.07) is 25.9. The summed E-state index contributed by atoms with van der Waals surface area (Å²) in [4.78, 5) is 32.9. The summed E-state index contributed by atoms with van der Waals surface area (Å²) in [5.41, 5.74) is 3.08. The first kappa shape index (κ1) is 23.4. The van der Waals surface area contributed by atoms with E-state index in [1.807, 2.05) is 72.8 Å². The van der Waals surface area contributed by atoms with E-state index in [2.05, 4.69) is 10.3 Å². The number of aromatic nitrogens is 1. The molecule has 0 saturated carbocycles. The standard InChI is InChI=1S/C29H27N3O4/c1-35-25-15-14-24(26-23(25)13-8-17-30-26)31-28(33)27-22(21-11-6-3-7-12-21)16-18-32(27)29(34)36-19-20-9-4-2-5-10-20/h2-15,17,22,27H,16,18-19H2,1H3,(H,31,33)/t22-,27-/m0/s1. The molecule has 1 N–H and O–H groups in total. The minimum Gasteiger partial charge on any atom is -0.496 e. The zero-order valence-electron chi connectivity index (χ0n) is 20.0. The van der Waals surface area contributed by atoms with Gasteiger partial charge in [0.15, 0.2) is 0 Å². The first-order valence-electron chi connectivity index (χ1n) is 11.9. The van der Waals surface area contributed by atoms with E-state index in [1.54, 1.807) is 25.4 Å². The van der Waals surface area contributed by atoms with Crippen LogP contribution in [0.2, 0.25) is 0 Å². The number of anilines is 1. The van der Waals surface area contributed by atoms with Gasteiger partial charge in [-0.25, -0.2) is 4.79 Å². The number of hydrogen-bond acceptors (Lipinski definition) is 5. The second-order valence-corrected chi connectivity index (χ2v) is 8.69. The molecule has 1 aromatic heterocycles. The van der Waals surface area contributed by atoms with Gasteiger partial charge >= 0.3 is 6.09 Å². The van der Waals surface area contributed by atoms with Crippen LogP contribution in [-0.4, -0.2) is 41.6 Å². The zero-order chi connectivity index (χ0) is 24.9. The highest BCUT2D eigenvalue weighted by Crippen LogP contribution is 2.36. The fraction of sp³-hybridized carbons (Fsp3) is 0.207. The predicted octanol–water partition coefficient (Wildman–Crippen LogP) is 5.38. The summed E-state index contributed by atoms with van der Waals surface area (Å²) in [6.45, 7) is 0.570. The Bertz CT molecular complexity index is 1360. The summed E-state index contributed by atoms with van der Waals surface area (Å²) >= 11 is 0. The summed E-state index contributed by atoms with van der Waals surface area (Å²) < 4.78 is 11.1. The van der Waals surface area contributed by atoms with Crippen LogP contribution in [0.15, 0.2) is 91.1 Å². The number of nitrogens with zero attached hydrogens (tertiary/aromatic N) is 2. The van der Waals surface area contributed by atoms with Crippen LogP contribution in [0.3, 0.4) is 0 Å².